The number of ether oxygens (including phenoxy) is 1. The number of benzene rings is 2. The van der Waals surface area contributed by atoms with Crippen LogP contribution in [0.3, 0.4) is 0 Å². The van der Waals surface area contributed by atoms with Gasteiger partial charge >= 0.3 is 6.09 Å². The van der Waals surface area contributed by atoms with E-state index >= 15 is 4.39 Å². The van der Waals surface area contributed by atoms with Crippen LogP contribution in [0.25, 0.3) is 0 Å². The highest BCUT2D eigenvalue weighted by Gasteiger charge is 2.33. The number of carbonyl (C=O) groups is 1. The number of cyclic esters (lactones) is 1. The highest BCUT2D eigenvalue weighted by atomic mass is 32.2. The van der Waals surface area contributed by atoms with Crippen molar-refractivity contribution >= 4 is 38.7 Å². The van der Waals surface area contributed by atoms with Crippen molar-refractivity contribution in [2.75, 3.05) is 29.5 Å². The molecule has 9 heteroatoms. The number of thiocarbonyl (C=S) groups is 1. The summed E-state index contributed by atoms with van der Waals surface area (Å²) in [4.78, 5) is 14.5. The predicted octanol–water partition coefficient (Wildman–Crippen LogP) is 5.02. The van der Waals surface area contributed by atoms with Gasteiger partial charge in [-0.1, -0.05) is 55.5 Å². The fraction of sp³-hybridized carbons (Fsp3) is 0.440. The molecule has 34 heavy (non-hydrogen) atoms. The Balaban J connectivity index is 1.37. The summed E-state index contributed by atoms with van der Waals surface area (Å²) in [5.41, 5.74) is 2.12. The fourth-order valence-corrected chi connectivity index (χ4v) is 6.56. The number of nitrogens with zero attached hydrogens (tertiary/aromatic N) is 2. The van der Waals surface area contributed by atoms with E-state index in [-0.39, 0.29) is 17.8 Å². The van der Waals surface area contributed by atoms with E-state index in [0.29, 0.717) is 60.2 Å². The Morgan fingerprint density at radius 2 is 1.97 bits per heavy atom. The third kappa shape index (κ3) is 5.93. The van der Waals surface area contributed by atoms with E-state index in [1.54, 1.807) is 12.1 Å². The molecule has 2 heterocycles. The molecule has 0 saturated carbocycles. The Bertz CT molecular complexity index is 1150. The molecule has 1 N–H and O–H groups in total. The van der Waals surface area contributed by atoms with E-state index in [2.05, 4.69) is 9.68 Å². The van der Waals surface area contributed by atoms with Gasteiger partial charge in [0.25, 0.3) is 0 Å². The molecule has 2 aliphatic heterocycles. The quantitative estimate of drug-likeness (QED) is 0.537. The average Bonchev–Trinajstić information content (AvgIpc) is 3.23. The molecule has 0 spiro atoms. The van der Waals surface area contributed by atoms with Crippen LogP contribution in [0.4, 0.5) is 14.9 Å². The first-order chi connectivity index (χ1) is 16.4. The lowest BCUT2D eigenvalue weighted by molar-refractivity contribution is 0.143. The predicted molar refractivity (Wildman–Crippen MR) is 137 cm³/mol. The lowest BCUT2D eigenvalue weighted by Crippen LogP contribution is -2.33. The van der Waals surface area contributed by atoms with Crippen LogP contribution in [0.2, 0.25) is 0 Å². The van der Waals surface area contributed by atoms with Crippen molar-refractivity contribution in [2.24, 2.45) is 4.36 Å². The molecular weight excluding hydrogens is 473 g/mol. The summed E-state index contributed by atoms with van der Waals surface area (Å²) >= 11 is 5.15. The standard InChI is InChI=1S/C25H30FN3O3S2/c1-2-24(33)27-16-21-17-29(25(30)32-21)20-8-9-22(23(26)14-20)19-10-12-34(31,13-11-19)28-15-18-6-4-3-5-7-18/h3-9,14,19,21H,2,10-13,15-17H2,1H3,(H,27,33)/t19?,21-,34?/m0/s1. The summed E-state index contributed by atoms with van der Waals surface area (Å²) < 4.78 is 38.1. The average molecular weight is 504 g/mol. The smallest absolute Gasteiger partial charge is 0.414 e. The first-order valence-corrected chi connectivity index (χ1v) is 13.9. The lowest BCUT2D eigenvalue weighted by Gasteiger charge is -2.26. The minimum absolute atomic E-state index is 0.00640. The number of halogens is 1. The van der Waals surface area contributed by atoms with Gasteiger partial charge in [0.05, 0.1) is 30.3 Å². The SMILES string of the molecule is CCC(=S)NC[C@H]1CN(c2ccc(C3CCS(=O)(=NCc4ccccc4)CC3)c(F)c2)C(=O)O1. The largest absolute Gasteiger partial charge is 0.442 e. The molecule has 182 valence electrons. The minimum atomic E-state index is -2.27. The van der Waals surface area contributed by atoms with Gasteiger partial charge in [-0.25, -0.2) is 17.8 Å². The van der Waals surface area contributed by atoms with Gasteiger partial charge in [-0.2, -0.15) is 0 Å². The van der Waals surface area contributed by atoms with E-state index in [0.717, 1.165) is 12.0 Å². The van der Waals surface area contributed by atoms with Crippen molar-refractivity contribution in [1.29, 1.82) is 0 Å². The van der Waals surface area contributed by atoms with Gasteiger partial charge in [0.1, 0.15) is 11.9 Å². The molecule has 2 fully saturated rings. The summed E-state index contributed by atoms with van der Waals surface area (Å²) in [5, 5.41) is 3.08. The molecule has 6 nitrogen and oxygen atoms in total. The molecule has 0 bridgehead atoms. The Hall–Kier alpha value is -2.52. The zero-order valence-electron chi connectivity index (χ0n) is 19.2. The third-order valence-electron chi connectivity index (χ3n) is 6.35. The topological polar surface area (TPSA) is 71.0 Å². The Morgan fingerprint density at radius 1 is 1.24 bits per heavy atom. The highest BCUT2D eigenvalue weighted by Crippen LogP contribution is 2.34. The van der Waals surface area contributed by atoms with Gasteiger partial charge in [0.15, 0.2) is 0 Å². The van der Waals surface area contributed by atoms with Crippen molar-refractivity contribution < 1.29 is 18.1 Å². The first kappa shape index (κ1) is 24.6. The number of carbonyl (C=O) groups excluding carboxylic acids is 1. The van der Waals surface area contributed by atoms with Crippen LogP contribution in [0.1, 0.15) is 43.2 Å². The van der Waals surface area contributed by atoms with Crippen LogP contribution < -0.4 is 10.2 Å². The van der Waals surface area contributed by atoms with E-state index in [1.165, 1.54) is 11.0 Å². The molecule has 0 aliphatic carbocycles. The van der Waals surface area contributed by atoms with E-state index in [4.69, 9.17) is 17.0 Å². The Labute approximate surface area is 206 Å². The van der Waals surface area contributed by atoms with Gasteiger partial charge in [-0.05, 0) is 48.4 Å². The highest BCUT2D eigenvalue weighted by molar-refractivity contribution is 7.93. The molecule has 2 saturated heterocycles. The molecule has 0 unspecified atom stereocenters. The molecule has 1 amide bonds. The zero-order chi connectivity index (χ0) is 24.1. The van der Waals surface area contributed by atoms with Crippen LogP contribution in [-0.4, -0.2) is 46.0 Å². The molecule has 2 aromatic rings. The summed E-state index contributed by atoms with van der Waals surface area (Å²) in [7, 11) is -2.27. The van der Waals surface area contributed by atoms with Crippen molar-refractivity contribution in [1.82, 2.24) is 5.32 Å². The molecule has 1 atom stereocenters. The van der Waals surface area contributed by atoms with Crippen molar-refractivity contribution in [3.63, 3.8) is 0 Å². The Morgan fingerprint density at radius 3 is 2.65 bits per heavy atom. The zero-order valence-corrected chi connectivity index (χ0v) is 20.9. The second kappa shape index (κ2) is 10.8. The van der Waals surface area contributed by atoms with Crippen molar-refractivity contribution in [3.8, 4) is 0 Å². The number of amides is 1. The van der Waals surface area contributed by atoms with Crippen LogP contribution in [-0.2, 0) is 21.0 Å². The van der Waals surface area contributed by atoms with Crippen LogP contribution in [0.15, 0.2) is 52.9 Å². The number of hydrogen-bond donors (Lipinski definition) is 1. The van der Waals surface area contributed by atoms with Gasteiger partial charge in [0.2, 0.25) is 0 Å². The monoisotopic (exact) mass is 503 g/mol. The fourth-order valence-electron chi connectivity index (χ4n) is 4.32. The molecule has 2 aliphatic rings. The van der Waals surface area contributed by atoms with Crippen LogP contribution >= 0.6 is 12.2 Å². The number of nitrogens with one attached hydrogen (secondary N) is 1. The number of hydrogen-bond acceptors (Lipinski definition) is 5. The summed E-state index contributed by atoms with van der Waals surface area (Å²) in [6, 6.07) is 14.7. The maximum atomic E-state index is 15.1. The number of rotatable bonds is 7. The molecule has 2 aromatic carbocycles. The first-order valence-electron chi connectivity index (χ1n) is 11.6. The minimum Gasteiger partial charge on any atom is -0.442 e. The van der Waals surface area contributed by atoms with Crippen molar-refractivity contribution in [2.45, 2.75) is 44.8 Å². The van der Waals surface area contributed by atoms with Crippen molar-refractivity contribution in [3.05, 3.63) is 65.5 Å². The summed E-state index contributed by atoms with van der Waals surface area (Å²) in [5.74, 6) is 0.586. The summed E-state index contributed by atoms with van der Waals surface area (Å²) in [6.45, 7) is 3.17. The molecular formula is C25H30FN3O3S2. The summed E-state index contributed by atoms with van der Waals surface area (Å²) in [6.07, 6.45) is 1.16. The second-order valence-electron chi connectivity index (χ2n) is 8.71. The normalized spacial score (nSPS) is 24.5. The van der Waals surface area contributed by atoms with E-state index in [9.17, 15) is 9.00 Å². The maximum Gasteiger partial charge on any atom is 0.414 e. The number of anilines is 1. The van der Waals surface area contributed by atoms with Crippen LogP contribution in [0, 0.1) is 5.82 Å². The lowest BCUT2D eigenvalue weighted by atomic mass is 9.93. The second-order valence-corrected chi connectivity index (χ2v) is 11.8. The van der Waals surface area contributed by atoms with Gasteiger partial charge in [-0.15, -0.1) is 0 Å². The van der Waals surface area contributed by atoms with Gasteiger partial charge in [-0.3, -0.25) is 4.90 Å². The van der Waals surface area contributed by atoms with Crippen LogP contribution in [0.5, 0.6) is 0 Å². The third-order valence-corrected chi connectivity index (χ3v) is 9.13. The molecule has 0 radical (unpaired) electrons. The Kier molecular flexibility index (Phi) is 7.83. The molecule has 4 rings (SSSR count). The van der Waals surface area contributed by atoms with Gasteiger partial charge in [0, 0.05) is 21.2 Å². The molecule has 0 aromatic heterocycles. The van der Waals surface area contributed by atoms with E-state index < -0.39 is 15.8 Å². The van der Waals surface area contributed by atoms with E-state index in [1.807, 2.05) is 37.3 Å². The van der Waals surface area contributed by atoms with Gasteiger partial charge < -0.3 is 10.1 Å². The maximum absolute atomic E-state index is 15.1.